The molecule has 0 spiro atoms. The summed E-state index contributed by atoms with van der Waals surface area (Å²) in [6.07, 6.45) is 10.9. The van der Waals surface area contributed by atoms with Gasteiger partial charge in [-0.3, -0.25) is 0 Å². The molecule has 2 nitrogen and oxygen atoms in total. The number of hydrogen-bond acceptors (Lipinski definition) is 2. The minimum Gasteiger partial charge on any atom is -0.385 e. The largest absolute Gasteiger partial charge is 0.407 e. The van der Waals surface area contributed by atoms with E-state index in [1.165, 1.54) is 61.7 Å². The van der Waals surface area contributed by atoms with Crippen LogP contribution in [-0.2, 0) is 8.85 Å². The van der Waals surface area contributed by atoms with Gasteiger partial charge < -0.3 is 8.85 Å². The highest BCUT2D eigenvalue weighted by Crippen LogP contribution is 2.33. The molecule has 3 heteroatoms. The van der Waals surface area contributed by atoms with Gasteiger partial charge in [-0.1, -0.05) is 86.3 Å². The van der Waals surface area contributed by atoms with Gasteiger partial charge in [0.1, 0.15) is 0 Å². The monoisotopic (exact) mass is 408 g/mol. The van der Waals surface area contributed by atoms with Crippen molar-refractivity contribution in [3.8, 4) is 0 Å². The summed E-state index contributed by atoms with van der Waals surface area (Å²) >= 11 is 0. The molecule has 0 N–H and O–H groups in total. The third-order valence-corrected chi connectivity index (χ3v) is 10.7. The van der Waals surface area contributed by atoms with Crippen LogP contribution in [-0.4, -0.2) is 20.8 Å². The fourth-order valence-electron chi connectivity index (χ4n) is 5.35. The second kappa shape index (κ2) is 9.59. The van der Waals surface area contributed by atoms with Gasteiger partial charge in [-0.15, -0.1) is 0 Å². The first-order valence-corrected chi connectivity index (χ1v) is 13.5. The number of rotatable bonds is 8. The highest BCUT2D eigenvalue weighted by atomic mass is 28.4. The maximum absolute atomic E-state index is 7.14. The molecule has 2 aromatic carbocycles. The summed E-state index contributed by atoms with van der Waals surface area (Å²) in [4.78, 5) is 0. The standard InChI is InChI=1S/C26H36O2Si/c1-21(23-13-9-10-14-23)27-29(25-17-5-3-6-18-25,26-19-7-4-8-20-26)28-22(2)24-15-11-12-16-24/h3-8,17-24H,9-16H2,1-2H3. The molecule has 0 amide bonds. The van der Waals surface area contributed by atoms with E-state index in [4.69, 9.17) is 8.85 Å². The second-order valence-electron chi connectivity index (χ2n) is 9.08. The summed E-state index contributed by atoms with van der Waals surface area (Å²) in [6, 6.07) is 21.6. The van der Waals surface area contributed by atoms with Gasteiger partial charge in [0.05, 0.1) is 0 Å². The molecule has 0 heterocycles. The van der Waals surface area contributed by atoms with Crippen molar-refractivity contribution in [3.05, 3.63) is 60.7 Å². The van der Waals surface area contributed by atoms with E-state index in [0.717, 1.165) is 0 Å². The van der Waals surface area contributed by atoms with E-state index in [2.05, 4.69) is 74.5 Å². The highest BCUT2D eigenvalue weighted by Gasteiger charge is 2.47. The summed E-state index contributed by atoms with van der Waals surface area (Å²) in [5.74, 6) is 1.30. The molecule has 2 unspecified atom stereocenters. The Bertz CT molecular complexity index is 670. The third kappa shape index (κ3) is 4.68. The smallest absolute Gasteiger partial charge is 0.385 e. The molecule has 2 aliphatic carbocycles. The molecule has 0 aromatic heterocycles. The van der Waals surface area contributed by atoms with Crippen molar-refractivity contribution in [2.75, 3.05) is 0 Å². The van der Waals surface area contributed by atoms with Crippen molar-refractivity contribution in [1.29, 1.82) is 0 Å². The fourth-order valence-corrected chi connectivity index (χ4v) is 8.98. The Hall–Kier alpha value is -1.42. The van der Waals surface area contributed by atoms with Crippen LogP contribution < -0.4 is 10.4 Å². The van der Waals surface area contributed by atoms with Gasteiger partial charge in [0.15, 0.2) is 0 Å². The molecule has 2 aromatic rings. The van der Waals surface area contributed by atoms with Crippen LogP contribution in [0, 0.1) is 11.8 Å². The molecule has 29 heavy (non-hydrogen) atoms. The lowest BCUT2D eigenvalue weighted by Crippen LogP contribution is -2.66. The van der Waals surface area contributed by atoms with Crippen LogP contribution in [0.3, 0.4) is 0 Å². The Morgan fingerprint density at radius 2 is 0.966 bits per heavy atom. The normalized spacial score (nSPS) is 20.8. The van der Waals surface area contributed by atoms with Crippen LogP contribution in [0.15, 0.2) is 60.7 Å². The molecular weight excluding hydrogens is 372 g/mol. The summed E-state index contributed by atoms with van der Waals surface area (Å²) in [7, 11) is -2.81. The van der Waals surface area contributed by atoms with Crippen LogP contribution in [0.2, 0.25) is 0 Å². The first-order chi connectivity index (χ1) is 14.2. The van der Waals surface area contributed by atoms with Crippen molar-refractivity contribution < 1.29 is 8.85 Å². The molecule has 4 rings (SSSR count). The van der Waals surface area contributed by atoms with Crippen LogP contribution in [0.5, 0.6) is 0 Å². The molecule has 2 aliphatic rings. The van der Waals surface area contributed by atoms with Gasteiger partial charge in [-0.25, -0.2) is 0 Å². The predicted molar refractivity (Wildman–Crippen MR) is 123 cm³/mol. The van der Waals surface area contributed by atoms with E-state index in [1.54, 1.807) is 0 Å². The topological polar surface area (TPSA) is 18.5 Å². The van der Waals surface area contributed by atoms with Crippen molar-refractivity contribution in [2.24, 2.45) is 11.8 Å². The van der Waals surface area contributed by atoms with E-state index in [0.29, 0.717) is 11.8 Å². The average Bonchev–Trinajstić information content (AvgIpc) is 3.48. The summed E-state index contributed by atoms with van der Waals surface area (Å²) in [5, 5.41) is 2.47. The predicted octanol–water partition coefficient (Wildman–Crippen LogP) is 5.43. The van der Waals surface area contributed by atoms with Gasteiger partial charge in [0, 0.05) is 12.2 Å². The zero-order valence-corrected chi connectivity index (χ0v) is 19.1. The number of hydrogen-bond donors (Lipinski definition) is 0. The maximum atomic E-state index is 7.14. The molecule has 2 atom stereocenters. The molecule has 0 bridgehead atoms. The van der Waals surface area contributed by atoms with E-state index in [1.807, 2.05) is 0 Å². The van der Waals surface area contributed by atoms with Crippen molar-refractivity contribution in [3.63, 3.8) is 0 Å². The SMILES string of the molecule is CC(O[Si](OC(C)C1CCCC1)(c1ccccc1)c1ccccc1)C1CCCC1. The van der Waals surface area contributed by atoms with E-state index in [9.17, 15) is 0 Å². The van der Waals surface area contributed by atoms with Crippen LogP contribution in [0.4, 0.5) is 0 Å². The average molecular weight is 409 g/mol. The maximum Gasteiger partial charge on any atom is 0.407 e. The van der Waals surface area contributed by atoms with Crippen LogP contribution >= 0.6 is 0 Å². The quantitative estimate of drug-likeness (QED) is 0.542. The van der Waals surface area contributed by atoms with Gasteiger partial charge in [-0.2, -0.15) is 0 Å². The van der Waals surface area contributed by atoms with Crippen LogP contribution in [0.1, 0.15) is 65.2 Å². The first kappa shape index (κ1) is 20.8. The zero-order chi connectivity index (χ0) is 20.1. The minimum atomic E-state index is -2.81. The van der Waals surface area contributed by atoms with E-state index < -0.39 is 8.56 Å². The van der Waals surface area contributed by atoms with Crippen molar-refractivity contribution in [1.82, 2.24) is 0 Å². The second-order valence-corrected chi connectivity index (χ2v) is 11.9. The lowest BCUT2D eigenvalue weighted by atomic mass is 10.0. The zero-order valence-electron chi connectivity index (χ0n) is 18.1. The van der Waals surface area contributed by atoms with Crippen molar-refractivity contribution in [2.45, 2.75) is 77.4 Å². The molecule has 2 saturated carbocycles. The fraction of sp³-hybridized carbons (Fsp3) is 0.538. The number of benzene rings is 2. The minimum absolute atomic E-state index is 0.223. The Kier molecular flexibility index (Phi) is 6.89. The molecule has 0 aliphatic heterocycles. The lowest BCUT2D eigenvalue weighted by Gasteiger charge is -2.39. The van der Waals surface area contributed by atoms with Gasteiger partial charge >= 0.3 is 8.56 Å². The molecule has 156 valence electrons. The molecule has 0 saturated heterocycles. The lowest BCUT2D eigenvalue weighted by molar-refractivity contribution is 0.0601. The first-order valence-electron chi connectivity index (χ1n) is 11.7. The Balaban J connectivity index is 1.73. The van der Waals surface area contributed by atoms with Crippen LogP contribution in [0.25, 0.3) is 0 Å². The molecule has 2 fully saturated rings. The van der Waals surface area contributed by atoms with Crippen molar-refractivity contribution >= 4 is 18.9 Å². The Morgan fingerprint density at radius 3 is 1.31 bits per heavy atom. The van der Waals surface area contributed by atoms with Gasteiger partial charge in [-0.05, 0) is 61.7 Å². The molecule has 0 radical (unpaired) electrons. The third-order valence-electron chi connectivity index (χ3n) is 7.14. The van der Waals surface area contributed by atoms with E-state index in [-0.39, 0.29) is 12.2 Å². The Morgan fingerprint density at radius 1 is 0.621 bits per heavy atom. The van der Waals surface area contributed by atoms with E-state index >= 15 is 0 Å². The highest BCUT2D eigenvalue weighted by molar-refractivity contribution is 6.92. The summed E-state index contributed by atoms with van der Waals surface area (Å²) < 4.78 is 14.3. The Labute approximate surface area is 177 Å². The van der Waals surface area contributed by atoms with Gasteiger partial charge in [0.25, 0.3) is 0 Å². The van der Waals surface area contributed by atoms with Gasteiger partial charge in [0.2, 0.25) is 0 Å². The summed E-state index contributed by atoms with van der Waals surface area (Å²) in [5.41, 5.74) is 0. The molecular formula is C26H36O2Si. The summed E-state index contributed by atoms with van der Waals surface area (Å²) in [6.45, 7) is 4.57.